The quantitative estimate of drug-likeness (QED) is 0.843. The molecule has 2 rings (SSSR count). The molecule has 0 fully saturated rings. The molecule has 2 aromatic carbocycles. The molecule has 1 N–H and O–H groups in total. The molecule has 0 aliphatic heterocycles. The Morgan fingerprint density at radius 2 is 2.00 bits per heavy atom. The third kappa shape index (κ3) is 4.46. The molecule has 0 aliphatic carbocycles. The van der Waals surface area contributed by atoms with Gasteiger partial charge in [0.2, 0.25) is 0 Å². The van der Waals surface area contributed by atoms with Crippen LogP contribution in [0.3, 0.4) is 0 Å². The zero-order chi connectivity index (χ0) is 14.9. The van der Waals surface area contributed by atoms with Gasteiger partial charge in [-0.2, -0.15) is 0 Å². The first-order chi connectivity index (χ1) is 10.3. The summed E-state index contributed by atoms with van der Waals surface area (Å²) < 4.78 is 4.86. The van der Waals surface area contributed by atoms with E-state index in [0.29, 0.717) is 12.6 Å². The lowest BCUT2D eigenvalue weighted by atomic mass is 10.00. The minimum absolute atomic E-state index is 0.299. The summed E-state index contributed by atoms with van der Waals surface area (Å²) in [6.45, 7) is 3.46. The fourth-order valence-electron chi connectivity index (χ4n) is 2.27. The van der Waals surface area contributed by atoms with E-state index in [-0.39, 0.29) is 0 Å². The SMILES string of the molecule is COCC#C/C=C/CNC(C)c1cccc2ccccc12. The van der Waals surface area contributed by atoms with Crippen LogP contribution in [0.1, 0.15) is 18.5 Å². The zero-order valence-corrected chi connectivity index (χ0v) is 12.6. The Kier molecular flexibility index (Phi) is 6.02. The van der Waals surface area contributed by atoms with Crippen LogP contribution in [0, 0.1) is 11.8 Å². The van der Waals surface area contributed by atoms with Gasteiger partial charge in [0.05, 0.1) is 0 Å². The van der Waals surface area contributed by atoms with Crippen molar-refractivity contribution in [2.75, 3.05) is 20.3 Å². The number of allylic oxidation sites excluding steroid dienone is 1. The van der Waals surface area contributed by atoms with Crippen LogP contribution in [0.4, 0.5) is 0 Å². The summed E-state index contributed by atoms with van der Waals surface area (Å²) in [5.74, 6) is 5.83. The van der Waals surface area contributed by atoms with Gasteiger partial charge in [0, 0.05) is 19.7 Å². The molecule has 0 aliphatic rings. The van der Waals surface area contributed by atoms with Gasteiger partial charge in [0.1, 0.15) is 6.61 Å². The highest BCUT2D eigenvalue weighted by molar-refractivity contribution is 5.86. The Balaban J connectivity index is 1.97. The molecule has 2 nitrogen and oxygen atoms in total. The molecule has 2 aromatic rings. The van der Waals surface area contributed by atoms with E-state index in [0.717, 1.165) is 6.54 Å². The first kappa shape index (κ1) is 15.3. The summed E-state index contributed by atoms with van der Waals surface area (Å²) in [5, 5.41) is 6.09. The van der Waals surface area contributed by atoms with Crippen molar-refractivity contribution >= 4 is 10.8 Å². The van der Waals surface area contributed by atoms with Crippen molar-refractivity contribution in [1.29, 1.82) is 0 Å². The van der Waals surface area contributed by atoms with Crippen LogP contribution in [0.15, 0.2) is 54.6 Å². The Morgan fingerprint density at radius 3 is 2.86 bits per heavy atom. The Morgan fingerprint density at radius 1 is 1.19 bits per heavy atom. The van der Waals surface area contributed by atoms with Gasteiger partial charge in [-0.05, 0) is 29.3 Å². The fraction of sp³-hybridized carbons (Fsp3) is 0.263. The zero-order valence-electron chi connectivity index (χ0n) is 12.6. The van der Waals surface area contributed by atoms with Crippen LogP contribution >= 0.6 is 0 Å². The van der Waals surface area contributed by atoms with Crippen molar-refractivity contribution in [3.8, 4) is 11.8 Å². The largest absolute Gasteiger partial charge is 0.372 e. The maximum atomic E-state index is 4.86. The first-order valence-electron chi connectivity index (χ1n) is 7.16. The van der Waals surface area contributed by atoms with E-state index in [1.165, 1.54) is 16.3 Å². The molecule has 0 spiro atoms. The molecule has 0 radical (unpaired) electrons. The summed E-state index contributed by atoms with van der Waals surface area (Å²) in [5.41, 5.74) is 1.33. The highest BCUT2D eigenvalue weighted by Gasteiger charge is 2.07. The molecule has 0 saturated carbocycles. The van der Waals surface area contributed by atoms with E-state index < -0.39 is 0 Å². The lowest BCUT2D eigenvalue weighted by Crippen LogP contribution is -2.18. The molecular weight excluding hydrogens is 258 g/mol. The molecule has 0 saturated heterocycles. The second-order valence-electron chi connectivity index (χ2n) is 4.85. The highest BCUT2D eigenvalue weighted by atomic mass is 16.5. The second kappa shape index (κ2) is 8.26. The van der Waals surface area contributed by atoms with Gasteiger partial charge in [0.25, 0.3) is 0 Å². The van der Waals surface area contributed by atoms with Crippen LogP contribution < -0.4 is 5.32 Å². The number of fused-ring (bicyclic) bond motifs is 1. The number of rotatable bonds is 5. The lowest BCUT2D eigenvalue weighted by molar-refractivity contribution is 0.240. The van der Waals surface area contributed by atoms with Gasteiger partial charge < -0.3 is 10.1 Å². The molecule has 0 aromatic heterocycles. The number of hydrogen-bond acceptors (Lipinski definition) is 2. The fourth-order valence-corrected chi connectivity index (χ4v) is 2.27. The predicted octanol–water partition coefficient (Wildman–Crippen LogP) is 3.70. The standard InChI is InChI=1S/C19H21NO/c1-16(20-14-7-3-4-8-15-21-2)18-13-9-11-17-10-5-6-12-19(17)18/h3,5-7,9-13,16,20H,14-15H2,1-2H3/b7-3+. The smallest absolute Gasteiger partial charge is 0.107 e. The minimum atomic E-state index is 0.299. The Hall–Kier alpha value is -2.08. The molecule has 1 unspecified atom stereocenters. The number of benzene rings is 2. The van der Waals surface area contributed by atoms with Crippen molar-refractivity contribution < 1.29 is 4.74 Å². The normalized spacial score (nSPS) is 12.3. The van der Waals surface area contributed by atoms with Crippen molar-refractivity contribution in [2.45, 2.75) is 13.0 Å². The van der Waals surface area contributed by atoms with Crippen LogP contribution in [-0.2, 0) is 4.74 Å². The van der Waals surface area contributed by atoms with Crippen LogP contribution in [0.5, 0.6) is 0 Å². The monoisotopic (exact) mass is 279 g/mol. The van der Waals surface area contributed by atoms with E-state index >= 15 is 0 Å². The van der Waals surface area contributed by atoms with Crippen LogP contribution in [0.2, 0.25) is 0 Å². The highest BCUT2D eigenvalue weighted by Crippen LogP contribution is 2.23. The molecule has 2 heteroatoms. The first-order valence-corrected chi connectivity index (χ1v) is 7.16. The van der Waals surface area contributed by atoms with Gasteiger partial charge in [-0.3, -0.25) is 0 Å². The van der Waals surface area contributed by atoms with Crippen molar-refractivity contribution in [1.82, 2.24) is 5.32 Å². The van der Waals surface area contributed by atoms with E-state index in [2.05, 4.69) is 66.5 Å². The molecule has 0 heterocycles. The van der Waals surface area contributed by atoms with Gasteiger partial charge >= 0.3 is 0 Å². The van der Waals surface area contributed by atoms with Crippen molar-refractivity contribution in [3.63, 3.8) is 0 Å². The summed E-state index contributed by atoms with van der Waals surface area (Å²) in [7, 11) is 1.64. The van der Waals surface area contributed by atoms with Crippen molar-refractivity contribution in [3.05, 3.63) is 60.2 Å². The van der Waals surface area contributed by atoms with Crippen LogP contribution in [0.25, 0.3) is 10.8 Å². The molecule has 0 amide bonds. The molecule has 1 atom stereocenters. The Labute approximate surface area is 126 Å². The molecule has 21 heavy (non-hydrogen) atoms. The van der Waals surface area contributed by atoms with Gasteiger partial charge in [-0.15, -0.1) is 0 Å². The number of ether oxygens (including phenoxy) is 1. The number of nitrogens with one attached hydrogen (secondary N) is 1. The van der Waals surface area contributed by atoms with Crippen molar-refractivity contribution in [2.24, 2.45) is 0 Å². The van der Waals surface area contributed by atoms with E-state index in [1.807, 2.05) is 12.2 Å². The van der Waals surface area contributed by atoms with E-state index in [4.69, 9.17) is 4.74 Å². The lowest BCUT2D eigenvalue weighted by Gasteiger charge is -2.15. The molecular formula is C19H21NO. The maximum Gasteiger partial charge on any atom is 0.107 e. The van der Waals surface area contributed by atoms with E-state index in [9.17, 15) is 0 Å². The third-order valence-corrected chi connectivity index (χ3v) is 3.35. The van der Waals surface area contributed by atoms with Gasteiger partial charge in [0.15, 0.2) is 0 Å². The van der Waals surface area contributed by atoms with Gasteiger partial charge in [-0.25, -0.2) is 0 Å². The molecule has 108 valence electrons. The summed E-state index contributed by atoms with van der Waals surface area (Å²) >= 11 is 0. The average molecular weight is 279 g/mol. The third-order valence-electron chi connectivity index (χ3n) is 3.35. The van der Waals surface area contributed by atoms with Crippen LogP contribution in [-0.4, -0.2) is 20.3 Å². The van der Waals surface area contributed by atoms with Gasteiger partial charge in [-0.1, -0.05) is 60.4 Å². The number of methoxy groups -OCH3 is 1. The van der Waals surface area contributed by atoms with E-state index in [1.54, 1.807) is 7.11 Å². The molecule has 0 bridgehead atoms. The Bertz CT molecular complexity index is 659. The second-order valence-corrected chi connectivity index (χ2v) is 4.85. The summed E-state index contributed by atoms with van der Waals surface area (Å²) in [4.78, 5) is 0. The number of hydrogen-bond donors (Lipinski definition) is 1. The topological polar surface area (TPSA) is 21.3 Å². The predicted molar refractivity (Wildman–Crippen MR) is 89.2 cm³/mol. The minimum Gasteiger partial charge on any atom is -0.372 e. The average Bonchev–Trinajstić information content (AvgIpc) is 2.53. The summed E-state index contributed by atoms with van der Waals surface area (Å²) in [6, 6.07) is 15.2. The maximum absolute atomic E-state index is 4.86. The summed E-state index contributed by atoms with van der Waals surface area (Å²) in [6.07, 6.45) is 3.89.